The Morgan fingerprint density at radius 1 is 1.33 bits per heavy atom. The molecule has 1 aromatic rings. The summed E-state index contributed by atoms with van der Waals surface area (Å²) in [6.45, 7) is 5.09. The first-order valence-corrected chi connectivity index (χ1v) is 7.71. The van der Waals surface area contributed by atoms with Crippen LogP contribution in [-0.2, 0) is 4.79 Å². The predicted octanol–water partition coefficient (Wildman–Crippen LogP) is 1.47. The number of anilines is 1. The number of rotatable bonds is 3. The Hall–Kier alpha value is -1.46. The molecule has 0 aliphatic carbocycles. The number of amides is 1. The molecule has 1 atom stereocenters. The summed E-state index contributed by atoms with van der Waals surface area (Å²) in [6.07, 6.45) is 2.47. The average molecular weight is 291 g/mol. The molecule has 0 bridgehead atoms. The quantitative estimate of drug-likeness (QED) is 0.916. The normalized spacial score (nSPS) is 24.3. The van der Waals surface area contributed by atoms with Crippen LogP contribution >= 0.6 is 0 Å². The zero-order valence-corrected chi connectivity index (χ0v) is 12.2. The maximum Gasteiger partial charge on any atom is 0.241 e. The monoisotopic (exact) mass is 291 g/mol. The summed E-state index contributed by atoms with van der Waals surface area (Å²) in [5.41, 5.74) is 0.666. The number of halogens is 1. The number of piperidine rings is 1. The zero-order chi connectivity index (χ0) is 14.7. The third-order valence-corrected chi connectivity index (χ3v) is 4.33. The first-order valence-electron chi connectivity index (χ1n) is 7.71. The molecule has 2 heterocycles. The van der Waals surface area contributed by atoms with Crippen LogP contribution in [0.1, 0.15) is 12.8 Å². The molecule has 0 aromatic heterocycles. The van der Waals surface area contributed by atoms with Crippen LogP contribution in [0.25, 0.3) is 0 Å². The molecular weight excluding hydrogens is 269 g/mol. The van der Waals surface area contributed by atoms with Gasteiger partial charge in [0.05, 0.1) is 6.54 Å². The minimum atomic E-state index is -0.295. The van der Waals surface area contributed by atoms with Crippen molar-refractivity contribution in [2.24, 2.45) is 5.92 Å². The van der Waals surface area contributed by atoms with Gasteiger partial charge in [0.2, 0.25) is 5.91 Å². The van der Waals surface area contributed by atoms with Crippen LogP contribution in [-0.4, -0.2) is 50.1 Å². The molecule has 0 saturated carbocycles. The highest BCUT2D eigenvalue weighted by molar-refractivity contribution is 5.95. The topological polar surface area (TPSA) is 35.6 Å². The van der Waals surface area contributed by atoms with Crippen LogP contribution < -0.4 is 10.2 Å². The molecule has 3 rings (SSSR count). The molecule has 1 unspecified atom stereocenters. The second-order valence-corrected chi connectivity index (χ2v) is 5.97. The molecular formula is C16H22FN3O. The smallest absolute Gasteiger partial charge is 0.241 e. The molecule has 114 valence electrons. The van der Waals surface area contributed by atoms with Crippen molar-refractivity contribution < 1.29 is 9.18 Å². The van der Waals surface area contributed by atoms with Gasteiger partial charge >= 0.3 is 0 Å². The van der Waals surface area contributed by atoms with Crippen molar-refractivity contribution in [3.05, 3.63) is 30.1 Å². The maximum absolute atomic E-state index is 13.3. The first kappa shape index (κ1) is 14.5. The minimum Gasteiger partial charge on any atom is -0.316 e. The molecule has 2 aliphatic heterocycles. The van der Waals surface area contributed by atoms with Crippen LogP contribution in [0.4, 0.5) is 10.1 Å². The number of nitrogens with one attached hydrogen (secondary N) is 1. The van der Waals surface area contributed by atoms with Crippen LogP contribution in [0.15, 0.2) is 24.3 Å². The van der Waals surface area contributed by atoms with Gasteiger partial charge in [0.15, 0.2) is 0 Å². The first-order chi connectivity index (χ1) is 10.2. The molecule has 0 spiro atoms. The van der Waals surface area contributed by atoms with E-state index in [-0.39, 0.29) is 11.7 Å². The highest BCUT2D eigenvalue weighted by atomic mass is 19.1. The summed E-state index contributed by atoms with van der Waals surface area (Å²) in [4.78, 5) is 16.2. The lowest BCUT2D eigenvalue weighted by atomic mass is 9.99. The lowest BCUT2D eigenvalue weighted by Gasteiger charge is -2.36. The number of piperazine rings is 1. The Balaban J connectivity index is 1.57. The van der Waals surface area contributed by atoms with Crippen molar-refractivity contribution >= 4 is 11.6 Å². The van der Waals surface area contributed by atoms with Crippen molar-refractivity contribution in [2.75, 3.05) is 44.2 Å². The van der Waals surface area contributed by atoms with E-state index in [9.17, 15) is 9.18 Å². The average Bonchev–Trinajstić information content (AvgIpc) is 2.48. The third-order valence-electron chi connectivity index (χ3n) is 4.33. The highest BCUT2D eigenvalue weighted by Crippen LogP contribution is 2.19. The Morgan fingerprint density at radius 2 is 2.24 bits per heavy atom. The Morgan fingerprint density at radius 3 is 2.95 bits per heavy atom. The molecule has 1 N–H and O–H groups in total. The summed E-state index contributed by atoms with van der Waals surface area (Å²) in [5, 5.41) is 3.41. The lowest BCUT2D eigenvalue weighted by Crippen LogP contribution is -2.52. The van der Waals surface area contributed by atoms with Crippen LogP contribution in [0.2, 0.25) is 0 Å². The van der Waals surface area contributed by atoms with E-state index in [4.69, 9.17) is 0 Å². The summed E-state index contributed by atoms with van der Waals surface area (Å²) in [5.74, 6) is 0.416. The Labute approximate surface area is 124 Å². The molecule has 5 heteroatoms. The van der Waals surface area contributed by atoms with Gasteiger partial charge in [-0.25, -0.2) is 4.39 Å². The fourth-order valence-corrected chi connectivity index (χ4v) is 3.24. The van der Waals surface area contributed by atoms with E-state index in [0.29, 0.717) is 24.7 Å². The van der Waals surface area contributed by atoms with Gasteiger partial charge in [-0.15, -0.1) is 0 Å². The number of nitrogens with zero attached hydrogens (tertiary/aromatic N) is 2. The lowest BCUT2D eigenvalue weighted by molar-refractivity contribution is -0.121. The van der Waals surface area contributed by atoms with Crippen molar-refractivity contribution in [1.29, 1.82) is 0 Å². The molecule has 0 radical (unpaired) electrons. The largest absolute Gasteiger partial charge is 0.316 e. The number of carbonyl (C=O) groups excluding carboxylic acids is 1. The van der Waals surface area contributed by atoms with Gasteiger partial charge in [-0.05, 0) is 50.0 Å². The van der Waals surface area contributed by atoms with Crippen molar-refractivity contribution in [3.8, 4) is 0 Å². The van der Waals surface area contributed by atoms with Gasteiger partial charge in [0.25, 0.3) is 0 Å². The van der Waals surface area contributed by atoms with Crippen molar-refractivity contribution in [1.82, 2.24) is 10.2 Å². The molecule has 1 amide bonds. The second-order valence-electron chi connectivity index (χ2n) is 5.97. The van der Waals surface area contributed by atoms with E-state index in [1.165, 1.54) is 25.0 Å². The molecule has 2 saturated heterocycles. The number of benzene rings is 1. The van der Waals surface area contributed by atoms with Gasteiger partial charge in [0.1, 0.15) is 5.82 Å². The van der Waals surface area contributed by atoms with E-state index in [2.05, 4.69) is 10.2 Å². The van der Waals surface area contributed by atoms with Gasteiger partial charge in [-0.1, -0.05) is 6.07 Å². The number of carbonyl (C=O) groups is 1. The Bertz CT molecular complexity index is 502. The predicted molar refractivity (Wildman–Crippen MR) is 80.8 cm³/mol. The van der Waals surface area contributed by atoms with Gasteiger partial charge in [0, 0.05) is 25.3 Å². The van der Waals surface area contributed by atoms with Gasteiger partial charge in [-0.3, -0.25) is 9.69 Å². The van der Waals surface area contributed by atoms with E-state index in [1.807, 2.05) is 0 Å². The van der Waals surface area contributed by atoms with Crippen molar-refractivity contribution in [2.45, 2.75) is 12.8 Å². The fourth-order valence-electron chi connectivity index (χ4n) is 3.24. The van der Waals surface area contributed by atoms with E-state index in [0.717, 1.165) is 26.2 Å². The number of hydrogen-bond acceptors (Lipinski definition) is 3. The fraction of sp³-hybridized carbons (Fsp3) is 0.562. The van der Waals surface area contributed by atoms with E-state index < -0.39 is 0 Å². The van der Waals surface area contributed by atoms with E-state index in [1.54, 1.807) is 17.0 Å². The van der Waals surface area contributed by atoms with Crippen molar-refractivity contribution in [3.63, 3.8) is 0 Å². The zero-order valence-electron chi connectivity index (χ0n) is 12.2. The molecule has 4 nitrogen and oxygen atoms in total. The molecule has 2 aliphatic rings. The van der Waals surface area contributed by atoms with Gasteiger partial charge in [-0.2, -0.15) is 0 Å². The minimum absolute atomic E-state index is 0.0654. The Kier molecular flexibility index (Phi) is 4.51. The second kappa shape index (κ2) is 6.54. The van der Waals surface area contributed by atoms with Gasteiger partial charge < -0.3 is 10.2 Å². The molecule has 2 fully saturated rings. The van der Waals surface area contributed by atoms with Crippen LogP contribution in [0, 0.1) is 11.7 Å². The summed E-state index contributed by atoms with van der Waals surface area (Å²) >= 11 is 0. The standard InChI is InChI=1S/C16H22FN3O/c17-14-4-1-5-15(9-14)20-8-7-19(12-16(20)21)11-13-3-2-6-18-10-13/h1,4-5,9,13,18H,2-3,6-8,10-12H2. The maximum atomic E-state index is 13.3. The highest BCUT2D eigenvalue weighted by Gasteiger charge is 2.27. The summed E-state index contributed by atoms with van der Waals surface area (Å²) < 4.78 is 13.3. The SMILES string of the molecule is O=C1CN(CC2CCCNC2)CCN1c1cccc(F)c1. The third kappa shape index (κ3) is 3.60. The van der Waals surface area contributed by atoms with Crippen LogP contribution in [0.3, 0.4) is 0 Å². The summed E-state index contributed by atoms with van der Waals surface area (Å²) in [7, 11) is 0. The molecule has 21 heavy (non-hydrogen) atoms. The van der Waals surface area contributed by atoms with Crippen LogP contribution in [0.5, 0.6) is 0 Å². The number of hydrogen-bond donors (Lipinski definition) is 1. The van der Waals surface area contributed by atoms with E-state index >= 15 is 0 Å². The molecule has 1 aromatic carbocycles. The summed E-state index contributed by atoms with van der Waals surface area (Å²) in [6, 6.07) is 6.28.